The van der Waals surface area contributed by atoms with Crippen LogP contribution in [0.1, 0.15) is 31.2 Å². The van der Waals surface area contributed by atoms with Crippen LogP contribution in [-0.2, 0) is 20.7 Å². The van der Waals surface area contributed by atoms with E-state index >= 15 is 0 Å². The van der Waals surface area contributed by atoms with Crippen LogP contribution in [0.5, 0.6) is 0 Å². The van der Waals surface area contributed by atoms with Crippen LogP contribution in [0.15, 0.2) is 30.5 Å². The first-order valence-electron chi connectivity index (χ1n) is 9.95. The second kappa shape index (κ2) is 8.13. The zero-order valence-corrected chi connectivity index (χ0v) is 15.6. The summed E-state index contributed by atoms with van der Waals surface area (Å²) in [4.78, 5) is 30.0. The van der Waals surface area contributed by atoms with Gasteiger partial charge in [-0.1, -0.05) is 18.2 Å². The van der Waals surface area contributed by atoms with Crippen molar-refractivity contribution in [2.24, 2.45) is 5.92 Å². The molecule has 0 radical (unpaired) electrons. The summed E-state index contributed by atoms with van der Waals surface area (Å²) in [5, 5.41) is 4.29. The van der Waals surface area contributed by atoms with Gasteiger partial charge >= 0.3 is 0 Å². The predicted molar refractivity (Wildman–Crippen MR) is 103 cm³/mol. The molecular formula is C21H27N3O3. The van der Waals surface area contributed by atoms with Gasteiger partial charge in [-0.3, -0.25) is 9.59 Å². The Morgan fingerprint density at radius 3 is 2.78 bits per heavy atom. The number of carbonyl (C=O) groups excluding carboxylic acids is 2. The molecule has 1 aromatic carbocycles. The van der Waals surface area contributed by atoms with Crippen molar-refractivity contribution in [2.75, 3.05) is 26.2 Å². The van der Waals surface area contributed by atoms with Crippen LogP contribution in [0, 0.1) is 5.92 Å². The molecule has 2 N–H and O–H groups in total. The number of hydrogen-bond donors (Lipinski definition) is 2. The average molecular weight is 369 g/mol. The van der Waals surface area contributed by atoms with Gasteiger partial charge in [-0.25, -0.2) is 0 Å². The quantitative estimate of drug-likeness (QED) is 0.849. The number of amides is 2. The molecule has 0 saturated carbocycles. The van der Waals surface area contributed by atoms with E-state index in [1.54, 1.807) is 0 Å². The zero-order chi connectivity index (χ0) is 18.6. The van der Waals surface area contributed by atoms with Crippen molar-refractivity contribution in [3.63, 3.8) is 0 Å². The van der Waals surface area contributed by atoms with Gasteiger partial charge in [0.15, 0.2) is 0 Å². The van der Waals surface area contributed by atoms with Crippen molar-refractivity contribution in [2.45, 2.75) is 38.2 Å². The van der Waals surface area contributed by atoms with E-state index < -0.39 is 0 Å². The number of nitrogens with one attached hydrogen (secondary N) is 2. The first kappa shape index (κ1) is 18.0. The van der Waals surface area contributed by atoms with Gasteiger partial charge in [-0.05, 0) is 43.7 Å². The van der Waals surface area contributed by atoms with E-state index in [4.69, 9.17) is 4.74 Å². The number of fused-ring (bicyclic) bond motifs is 1. The van der Waals surface area contributed by atoms with E-state index in [0.29, 0.717) is 26.2 Å². The van der Waals surface area contributed by atoms with Crippen molar-refractivity contribution in [3.8, 4) is 0 Å². The van der Waals surface area contributed by atoms with Gasteiger partial charge in [0.1, 0.15) is 6.10 Å². The summed E-state index contributed by atoms with van der Waals surface area (Å²) in [5.74, 6) is 0.214. The standard InChI is InChI=1S/C21H27N3O3/c25-20(22-10-7-16-14-23-18-5-2-1-4-17(16)18)15-8-11-24(12-9-15)21(26)19-6-3-13-27-19/h1-2,4-5,14-15,19,23H,3,6-13H2,(H,22,25). The summed E-state index contributed by atoms with van der Waals surface area (Å²) in [6.45, 7) is 2.62. The molecule has 2 aliphatic rings. The summed E-state index contributed by atoms with van der Waals surface area (Å²) in [6.07, 6.45) is 5.83. The molecule has 2 amide bonds. The third kappa shape index (κ3) is 4.00. The van der Waals surface area contributed by atoms with Crippen molar-refractivity contribution < 1.29 is 14.3 Å². The molecule has 144 valence electrons. The van der Waals surface area contributed by atoms with Gasteiger partial charge < -0.3 is 19.9 Å². The molecule has 2 aliphatic heterocycles. The lowest BCUT2D eigenvalue weighted by molar-refractivity contribution is -0.143. The maximum atomic E-state index is 12.5. The minimum atomic E-state index is -0.258. The van der Waals surface area contributed by atoms with Gasteiger partial charge in [-0.2, -0.15) is 0 Å². The highest BCUT2D eigenvalue weighted by molar-refractivity contribution is 5.84. The van der Waals surface area contributed by atoms with Crippen molar-refractivity contribution in [3.05, 3.63) is 36.0 Å². The Kier molecular flexibility index (Phi) is 5.43. The number of ether oxygens (including phenoxy) is 1. The number of H-pyrrole nitrogens is 1. The Labute approximate surface area is 159 Å². The number of hydrogen-bond acceptors (Lipinski definition) is 3. The molecule has 2 aromatic rings. The number of aromatic amines is 1. The van der Waals surface area contributed by atoms with Crippen LogP contribution >= 0.6 is 0 Å². The minimum absolute atomic E-state index is 0.00140. The van der Waals surface area contributed by atoms with E-state index in [9.17, 15) is 9.59 Å². The molecule has 6 nitrogen and oxygen atoms in total. The van der Waals surface area contributed by atoms with Crippen molar-refractivity contribution >= 4 is 22.7 Å². The second-order valence-electron chi connectivity index (χ2n) is 7.50. The highest BCUT2D eigenvalue weighted by atomic mass is 16.5. The number of nitrogens with zero attached hydrogens (tertiary/aromatic N) is 1. The summed E-state index contributed by atoms with van der Waals surface area (Å²) < 4.78 is 5.49. The van der Waals surface area contributed by atoms with Crippen molar-refractivity contribution in [1.29, 1.82) is 0 Å². The maximum absolute atomic E-state index is 12.5. The Morgan fingerprint density at radius 1 is 1.19 bits per heavy atom. The molecule has 0 aliphatic carbocycles. The Balaban J connectivity index is 1.22. The first-order valence-corrected chi connectivity index (χ1v) is 9.95. The van der Waals surface area contributed by atoms with Crippen LogP contribution < -0.4 is 5.32 Å². The van der Waals surface area contributed by atoms with Crippen LogP contribution in [0.3, 0.4) is 0 Å². The zero-order valence-electron chi connectivity index (χ0n) is 15.6. The number of aromatic nitrogens is 1. The molecule has 6 heteroatoms. The smallest absolute Gasteiger partial charge is 0.251 e. The molecule has 0 spiro atoms. The van der Waals surface area contributed by atoms with Crippen LogP contribution in [0.2, 0.25) is 0 Å². The Bertz CT molecular complexity index is 802. The molecule has 2 saturated heterocycles. The van der Waals surface area contributed by atoms with Gasteiger partial charge in [0, 0.05) is 49.3 Å². The summed E-state index contributed by atoms with van der Waals surface area (Å²) in [6, 6.07) is 8.21. The Morgan fingerprint density at radius 2 is 2.00 bits per heavy atom. The number of likely N-dealkylation sites (tertiary alicyclic amines) is 1. The largest absolute Gasteiger partial charge is 0.368 e. The molecule has 3 heterocycles. The molecule has 0 bridgehead atoms. The van der Waals surface area contributed by atoms with Gasteiger partial charge in [0.05, 0.1) is 0 Å². The van der Waals surface area contributed by atoms with E-state index in [2.05, 4.69) is 22.4 Å². The van der Waals surface area contributed by atoms with Crippen molar-refractivity contribution in [1.82, 2.24) is 15.2 Å². The Hall–Kier alpha value is -2.34. The molecule has 1 aromatic heterocycles. The number of piperidine rings is 1. The monoisotopic (exact) mass is 369 g/mol. The third-order valence-corrected chi connectivity index (χ3v) is 5.75. The number of benzene rings is 1. The minimum Gasteiger partial charge on any atom is -0.368 e. The van der Waals surface area contributed by atoms with E-state index in [0.717, 1.165) is 37.6 Å². The van der Waals surface area contributed by atoms with Crippen LogP contribution in [0.4, 0.5) is 0 Å². The summed E-state index contributed by atoms with van der Waals surface area (Å²) >= 11 is 0. The van der Waals surface area contributed by atoms with Gasteiger partial charge in [-0.15, -0.1) is 0 Å². The lowest BCUT2D eigenvalue weighted by Crippen LogP contribution is -2.46. The number of rotatable bonds is 5. The molecule has 27 heavy (non-hydrogen) atoms. The first-order chi connectivity index (χ1) is 13.2. The average Bonchev–Trinajstić information content (AvgIpc) is 3.38. The van der Waals surface area contributed by atoms with E-state index in [1.165, 1.54) is 10.9 Å². The molecular weight excluding hydrogens is 342 g/mol. The fourth-order valence-corrected chi connectivity index (χ4v) is 4.14. The molecule has 1 atom stereocenters. The SMILES string of the molecule is O=C(NCCc1c[nH]c2ccccc12)C1CCN(C(=O)C2CCCO2)CC1. The lowest BCUT2D eigenvalue weighted by Gasteiger charge is -2.32. The molecule has 4 rings (SSSR count). The fourth-order valence-electron chi connectivity index (χ4n) is 4.14. The maximum Gasteiger partial charge on any atom is 0.251 e. The van der Waals surface area contributed by atoms with Gasteiger partial charge in [0.25, 0.3) is 5.91 Å². The second-order valence-corrected chi connectivity index (χ2v) is 7.50. The molecule has 2 fully saturated rings. The topological polar surface area (TPSA) is 74.4 Å². The summed E-state index contributed by atoms with van der Waals surface area (Å²) in [5.41, 5.74) is 2.35. The fraction of sp³-hybridized carbons (Fsp3) is 0.524. The highest BCUT2D eigenvalue weighted by Gasteiger charge is 2.32. The molecule has 1 unspecified atom stereocenters. The highest BCUT2D eigenvalue weighted by Crippen LogP contribution is 2.22. The number of carbonyl (C=O) groups is 2. The normalized spacial score (nSPS) is 20.9. The summed E-state index contributed by atoms with van der Waals surface area (Å²) in [7, 11) is 0. The van der Waals surface area contributed by atoms with Gasteiger partial charge in [0.2, 0.25) is 5.91 Å². The van der Waals surface area contributed by atoms with E-state index in [-0.39, 0.29) is 23.8 Å². The predicted octanol–water partition coefficient (Wildman–Crippen LogP) is 2.24. The van der Waals surface area contributed by atoms with Crippen LogP contribution in [-0.4, -0.2) is 54.0 Å². The number of para-hydroxylation sites is 1. The van der Waals surface area contributed by atoms with Crippen LogP contribution in [0.25, 0.3) is 10.9 Å². The lowest BCUT2D eigenvalue weighted by atomic mass is 9.95. The van der Waals surface area contributed by atoms with E-state index in [1.807, 2.05) is 23.2 Å². The third-order valence-electron chi connectivity index (χ3n) is 5.75.